The van der Waals surface area contributed by atoms with E-state index in [-0.39, 0.29) is 0 Å². The molecule has 0 radical (unpaired) electrons. The Labute approximate surface area is 44.6 Å². The maximum absolute atomic E-state index is 3.83. The largest absolute Gasteiger partial charge is 0.0973 e. The van der Waals surface area contributed by atoms with Gasteiger partial charge in [-0.05, 0) is 5.87 Å². The fourth-order valence-corrected chi connectivity index (χ4v) is 0.250. The molecule has 1 rings (SSSR count). The van der Waals surface area contributed by atoms with E-state index < -0.39 is 0 Å². The molecule has 1 aliphatic rings. The first-order valence-corrected chi connectivity index (χ1v) is 2.87. The molecular weight excluding hydrogens is 92.1 g/mol. The molecule has 36 valence electrons. The summed E-state index contributed by atoms with van der Waals surface area (Å²) >= 11 is 3.83. The normalized spacial score (nSPS) is 16.7. The Morgan fingerprint density at radius 1 is 0.833 bits per heavy atom. The minimum atomic E-state index is 1.50. The maximum atomic E-state index is 3.83. The van der Waals surface area contributed by atoms with Crippen molar-refractivity contribution in [2.24, 2.45) is 0 Å². The van der Waals surface area contributed by atoms with E-state index in [4.69, 9.17) is 0 Å². The lowest BCUT2D eigenvalue weighted by molar-refractivity contribution is 0.504. The quantitative estimate of drug-likeness (QED) is 0.422. The average molecular weight is 102 g/mol. The third-order valence-electron chi connectivity index (χ3n) is 1.000. The minimum absolute atomic E-state index is 1.50. The highest BCUT2D eigenvalue weighted by molar-refractivity contribution is 7.77. The number of hydrogen-bond acceptors (Lipinski definition) is 1. The second-order valence-corrected chi connectivity index (χ2v) is 1.41. The lowest BCUT2D eigenvalue weighted by Gasteiger charge is -2.05. The second-order valence-electron chi connectivity index (χ2n) is 1.41. The zero-order valence-corrected chi connectivity index (χ0v) is 4.76. The number of thiocarbonyl (C=S) groups is 1. The van der Waals surface area contributed by atoms with Gasteiger partial charge in [0.05, 0.1) is 0 Å². The Balaban J connectivity index is 0.000000112. The van der Waals surface area contributed by atoms with E-state index in [0.29, 0.717) is 0 Å². The Bertz CT molecular complexity index is 19.1. The second kappa shape index (κ2) is 5.09. The van der Waals surface area contributed by atoms with Gasteiger partial charge in [-0.1, -0.05) is 37.9 Å². The van der Waals surface area contributed by atoms with Crippen LogP contribution in [0.4, 0.5) is 0 Å². The summed E-state index contributed by atoms with van der Waals surface area (Å²) < 4.78 is 0. The summed E-state index contributed by atoms with van der Waals surface area (Å²) in [6.07, 6.45) is 6.00. The molecule has 1 heteroatoms. The summed E-state index contributed by atoms with van der Waals surface area (Å²) in [6, 6.07) is 0. The standard InChI is InChI=1S/C4H8.CH2S/c1-2-4-3-1;1-2/h1-4H2;1H2. The van der Waals surface area contributed by atoms with Gasteiger partial charge >= 0.3 is 0 Å². The van der Waals surface area contributed by atoms with Crippen LogP contribution in [0.15, 0.2) is 0 Å². The molecule has 0 nitrogen and oxygen atoms in total. The topological polar surface area (TPSA) is 0 Å². The third-order valence-corrected chi connectivity index (χ3v) is 1.000. The zero-order chi connectivity index (χ0) is 4.83. The van der Waals surface area contributed by atoms with Crippen molar-refractivity contribution in [2.45, 2.75) is 25.7 Å². The monoisotopic (exact) mass is 102 g/mol. The van der Waals surface area contributed by atoms with Gasteiger partial charge in [-0.3, -0.25) is 0 Å². The summed E-state index contributed by atoms with van der Waals surface area (Å²) in [6.45, 7) is 0. The molecule has 6 heavy (non-hydrogen) atoms. The van der Waals surface area contributed by atoms with Crippen LogP contribution in [0.3, 0.4) is 0 Å². The summed E-state index contributed by atoms with van der Waals surface area (Å²) in [5.41, 5.74) is 0. The minimum Gasteiger partial charge on any atom is -0.0973 e. The molecule has 0 unspecified atom stereocenters. The van der Waals surface area contributed by atoms with E-state index >= 15 is 0 Å². The summed E-state index contributed by atoms with van der Waals surface area (Å²) in [5, 5.41) is 0. The van der Waals surface area contributed by atoms with Crippen LogP contribution < -0.4 is 0 Å². The van der Waals surface area contributed by atoms with Crippen LogP contribution in [0.2, 0.25) is 0 Å². The van der Waals surface area contributed by atoms with Gasteiger partial charge in [0.25, 0.3) is 0 Å². The lowest BCUT2D eigenvalue weighted by atomic mass is 10.0. The van der Waals surface area contributed by atoms with Crippen molar-refractivity contribution in [1.82, 2.24) is 0 Å². The Kier molecular flexibility index (Phi) is 5.17. The molecule has 0 spiro atoms. The van der Waals surface area contributed by atoms with Crippen molar-refractivity contribution < 1.29 is 0 Å². The van der Waals surface area contributed by atoms with Crippen LogP contribution in [-0.2, 0) is 0 Å². The molecular formula is C5H10S. The molecule has 0 amide bonds. The summed E-state index contributed by atoms with van der Waals surface area (Å²) in [7, 11) is 0. The predicted molar refractivity (Wildman–Crippen MR) is 33.2 cm³/mol. The molecule has 0 N–H and O–H groups in total. The molecule has 0 aliphatic heterocycles. The van der Waals surface area contributed by atoms with E-state index in [0.717, 1.165) is 0 Å². The van der Waals surface area contributed by atoms with E-state index in [1.54, 1.807) is 0 Å². The summed E-state index contributed by atoms with van der Waals surface area (Å²) in [4.78, 5) is 0. The molecule has 1 saturated carbocycles. The Hall–Kier alpha value is 0.0900. The fourth-order valence-electron chi connectivity index (χ4n) is 0.250. The SMILES string of the molecule is C1CCC1.C=S. The van der Waals surface area contributed by atoms with Gasteiger partial charge in [0, 0.05) is 0 Å². The van der Waals surface area contributed by atoms with Crippen molar-refractivity contribution in [1.29, 1.82) is 0 Å². The molecule has 0 aromatic carbocycles. The molecule has 0 atom stereocenters. The predicted octanol–water partition coefficient (Wildman–Crippen LogP) is 2.18. The molecule has 1 aliphatic carbocycles. The highest BCUT2D eigenvalue weighted by Gasteiger charge is 1.95. The maximum Gasteiger partial charge on any atom is -0.0351 e. The molecule has 0 aromatic rings. The van der Waals surface area contributed by atoms with Crippen molar-refractivity contribution in [3.8, 4) is 0 Å². The highest BCUT2D eigenvalue weighted by Crippen LogP contribution is 2.15. The van der Waals surface area contributed by atoms with Gasteiger partial charge < -0.3 is 0 Å². The van der Waals surface area contributed by atoms with Crippen molar-refractivity contribution in [3.63, 3.8) is 0 Å². The van der Waals surface area contributed by atoms with E-state index in [1.807, 2.05) is 0 Å². The fraction of sp³-hybridized carbons (Fsp3) is 0.800. The Morgan fingerprint density at radius 2 is 1.00 bits per heavy atom. The van der Waals surface area contributed by atoms with Crippen LogP contribution in [0.1, 0.15) is 25.7 Å². The van der Waals surface area contributed by atoms with Crippen molar-refractivity contribution in [2.75, 3.05) is 0 Å². The lowest BCUT2D eigenvalue weighted by Crippen LogP contribution is -1.85. The van der Waals surface area contributed by atoms with Crippen LogP contribution in [0.25, 0.3) is 0 Å². The van der Waals surface area contributed by atoms with Crippen LogP contribution in [-0.4, -0.2) is 5.87 Å². The van der Waals surface area contributed by atoms with Gasteiger partial charge in [0.1, 0.15) is 0 Å². The first-order valence-electron chi connectivity index (χ1n) is 2.29. The molecule has 0 heterocycles. The molecule has 1 fully saturated rings. The Morgan fingerprint density at radius 3 is 1.00 bits per heavy atom. The van der Waals surface area contributed by atoms with Crippen molar-refractivity contribution >= 4 is 18.1 Å². The molecule has 0 aromatic heterocycles. The average Bonchev–Trinajstić information content (AvgIpc) is 1.36. The van der Waals surface area contributed by atoms with Crippen molar-refractivity contribution in [3.05, 3.63) is 0 Å². The first-order chi connectivity index (χ1) is 3.00. The van der Waals surface area contributed by atoms with E-state index in [9.17, 15) is 0 Å². The van der Waals surface area contributed by atoms with Gasteiger partial charge in [-0.25, -0.2) is 0 Å². The third kappa shape index (κ3) is 2.33. The van der Waals surface area contributed by atoms with Gasteiger partial charge in [-0.15, -0.1) is 0 Å². The van der Waals surface area contributed by atoms with Crippen LogP contribution in [0.5, 0.6) is 0 Å². The zero-order valence-electron chi connectivity index (χ0n) is 3.94. The highest BCUT2D eigenvalue weighted by atomic mass is 32.1. The van der Waals surface area contributed by atoms with Gasteiger partial charge in [0.15, 0.2) is 0 Å². The van der Waals surface area contributed by atoms with Gasteiger partial charge in [-0.2, -0.15) is 0 Å². The van der Waals surface area contributed by atoms with E-state index in [1.165, 1.54) is 25.7 Å². The van der Waals surface area contributed by atoms with Crippen LogP contribution >= 0.6 is 12.2 Å². The first kappa shape index (κ1) is 6.09. The summed E-state index contributed by atoms with van der Waals surface area (Å²) in [5.74, 6) is 2.83. The number of rotatable bonds is 0. The van der Waals surface area contributed by atoms with Crippen LogP contribution in [0, 0.1) is 0 Å². The molecule has 0 saturated heterocycles. The van der Waals surface area contributed by atoms with E-state index in [2.05, 4.69) is 18.1 Å². The smallest absolute Gasteiger partial charge is 0.0351 e. The number of hydrogen-bond donors (Lipinski definition) is 0. The molecule has 0 bridgehead atoms. The van der Waals surface area contributed by atoms with Gasteiger partial charge in [0.2, 0.25) is 0 Å².